The molecule has 0 bridgehead atoms. The third-order valence-electron chi connectivity index (χ3n) is 3.74. The van der Waals surface area contributed by atoms with Crippen molar-refractivity contribution in [2.75, 3.05) is 11.9 Å². The number of anilines is 1. The Hall–Kier alpha value is -1.54. The van der Waals surface area contributed by atoms with E-state index >= 15 is 0 Å². The number of rotatable bonds is 2. The summed E-state index contributed by atoms with van der Waals surface area (Å²) in [6.07, 6.45) is 2.77. The highest BCUT2D eigenvalue weighted by atomic mass is 35.5. The summed E-state index contributed by atoms with van der Waals surface area (Å²) in [6.45, 7) is 5.45. The zero-order valence-corrected chi connectivity index (χ0v) is 12.0. The zero-order valence-electron chi connectivity index (χ0n) is 11.2. The zero-order chi connectivity index (χ0) is 13.5. The standard InChI is InChI=1S/C16H17ClN2/c1-16(2)10-19-15-8-12(18-9-13(15)16)7-11-5-3-4-6-14(11)17/h3-6,8-9,19H,7,10H2,1-2H3. The van der Waals surface area contributed by atoms with Gasteiger partial charge in [0.1, 0.15) is 0 Å². The van der Waals surface area contributed by atoms with Crippen LogP contribution in [-0.4, -0.2) is 11.5 Å². The fraction of sp³-hybridized carbons (Fsp3) is 0.312. The van der Waals surface area contributed by atoms with Crippen molar-refractivity contribution in [3.05, 3.63) is 58.4 Å². The molecule has 0 atom stereocenters. The van der Waals surface area contributed by atoms with E-state index in [0.717, 1.165) is 29.2 Å². The van der Waals surface area contributed by atoms with Crippen LogP contribution in [0.1, 0.15) is 30.7 Å². The van der Waals surface area contributed by atoms with E-state index in [1.807, 2.05) is 24.4 Å². The van der Waals surface area contributed by atoms with Crippen molar-refractivity contribution in [1.29, 1.82) is 0 Å². The molecule has 0 fully saturated rings. The van der Waals surface area contributed by atoms with Crippen LogP contribution in [0.25, 0.3) is 0 Å². The van der Waals surface area contributed by atoms with E-state index in [1.165, 1.54) is 11.3 Å². The second-order valence-corrected chi connectivity index (χ2v) is 6.13. The van der Waals surface area contributed by atoms with Crippen molar-refractivity contribution in [2.45, 2.75) is 25.7 Å². The molecular formula is C16H17ClN2. The Morgan fingerprint density at radius 3 is 2.89 bits per heavy atom. The SMILES string of the molecule is CC1(C)CNc2cc(Cc3ccccc3Cl)ncc21. The van der Waals surface area contributed by atoms with Gasteiger partial charge in [0.25, 0.3) is 0 Å². The highest BCUT2D eigenvalue weighted by Gasteiger charge is 2.30. The minimum atomic E-state index is 0.172. The average molecular weight is 273 g/mol. The van der Waals surface area contributed by atoms with Crippen LogP contribution < -0.4 is 5.32 Å². The highest BCUT2D eigenvalue weighted by Crippen LogP contribution is 2.36. The van der Waals surface area contributed by atoms with Crippen molar-refractivity contribution >= 4 is 17.3 Å². The first-order valence-electron chi connectivity index (χ1n) is 6.53. The molecular weight excluding hydrogens is 256 g/mol. The van der Waals surface area contributed by atoms with Gasteiger partial charge in [-0.15, -0.1) is 0 Å². The molecule has 0 aliphatic carbocycles. The molecule has 0 saturated carbocycles. The van der Waals surface area contributed by atoms with Crippen molar-refractivity contribution in [2.24, 2.45) is 0 Å². The lowest BCUT2D eigenvalue weighted by Gasteiger charge is -2.16. The third-order valence-corrected chi connectivity index (χ3v) is 4.11. The Morgan fingerprint density at radius 1 is 1.32 bits per heavy atom. The minimum absolute atomic E-state index is 0.172. The topological polar surface area (TPSA) is 24.9 Å². The second kappa shape index (κ2) is 4.53. The van der Waals surface area contributed by atoms with Gasteiger partial charge in [-0.1, -0.05) is 43.6 Å². The number of halogens is 1. The Kier molecular flexibility index (Phi) is 2.98. The molecule has 1 N–H and O–H groups in total. The van der Waals surface area contributed by atoms with Gasteiger partial charge in [0.05, 0.1) is 0 Å². The molecule has 3 rings (SSSR count). The van der Waals surface area contributed by atoms with Crippen LogP contribution in [-0.2, 0) is 11.8 Å². The van der Waals surface area contributed by atoms with Crippen molar-refractivity contribution in [3.8, 4) is 0 Å². The Bertz CT molecular complexity index is 620. The molecule has 1 aromatic heterocycles. The molecule has 1 aliphatic rings. The van der Waals surface area contributed by atoms with Gasteiger partial charge in [-0.25, -0.2) is 0 Å². The molecule has 98 valence electrons. The molecule has 0 unspecified atom stereocenters. The van der Waals surface area contributed by atoms with Gasteiger partial charge in [0, 0.05) is 46.5 Å². The van der Waals surface area contributed by atoms with Crippen LogP contribution >= 0.6 is 11.6 Å². The number of benzene rings is 1. The highest BCUT2D eigenvalue weighted by molar-refractivity contribution is 6.31. The van der Waals surface area contributed by atoms with Crippen LogP contribution in [0, 0.1) is 0 Å². The molecule has 1 aliphatic heterocycles. The molecule has 19 heavy (non-hydrogen) atoms. The number of pyridine rings is 1. The second-order valence-electron chi connectivity index (χ2n) is 5.73. The van der Waals surface area contributed by atoms with Gasteiger partial charge in [0.2, 0.25) is 0 Å². The monoisotopic (exact) mass is 272 g/mol. The first-order valence-corrected chi connectivity index (χ1v) is 6.91. The maximum Gasteiger partial charge on any atom is 0.0468 e. The molecule has 0 amide bonds. The van der Waals surface area contributed by atoms with Gasteiger partial charge >= 0.3 is 0 Å². The predicted molar refractivity (Wildman–Crippen MR) is 80.0 cm³/mol. The van der Waals surface area contributed by atoms with Gasteiger partial charge < -0.3 is 5.32 Å². The molecule has 0 spiro atoms. The summed E-state index contributed by atoms with van der Waals surface area (Å²) in [5.41, 5.74) is 4.86. The summed E-state index contributed by atoms with van der Waals surface area (Å²) in [7, 11) is 0. The predicted octanol–water partition coefficient (Wildman–Crippen LogP) is 4.03. The fourth-order valence-corrected chi connectivity index (χ4v) is 2.73. The van der Waals surface area contributed by atoms with E-state index in [9.17, 15) is 0 Å². The van der Waals surface area contributed by atoms with Crippen molar-refractivity contribution in [3.63, 3.8) is 0 Å². The first kappa shape index (κ1) is 12.5. The minimum Gasteiger partial charge on any atom is -0.384 e. The van der Waals surface area contributed by atoms with Crippen molar-refractivity contribution in [1.82, 2.24) is 4.98 Å². The van der Waals surface area contributed by atoms with Gasteiger partial charge in [0.15, 0.2) is 0 Å². The van der Waals surface area contributed by atoms with E-state index in [-0.39, 0.29) is 5.41 Å². The third kappa shape index (κ3) is 2.33. The van der Waals surface area contributed by atoms with Gasteiger partial charge in [-0.05, 0) is 17.7 Å². The van der Waals surface area contributed by atoms with Gasteiger partial charge in [-0.3, -0.25) is 4.98 Å². The van der Waals surface area contributed by atoms with E-state index in [1.54, 1.807) is 0 Å². The number of hydrogen-bond donors (Lipinski definition) is 1. The summed E-state index contributed by atoms with van der Waals surface area (Å²) in [5, 5.41) is 4.26. The lowest BCUT2D eigenvalue weighted by molar-refractivity contribution is 0.584. The van der Waals surface area contributed by atoms with E-state index in [2.05, 4.69) is 36.3 Å². The fourth-order valence-electron chi connectivity index (χ4n) is 2.53. The Labute approximate surface area is 118 Å². The number of nitrogens with one attached hydrogen (secondary N) is 1. The summed E-state index contributed by atoms with van der Waals surface area (Å²) >= 11 is 6.19. The summed E-state index contributed by atoms with van der Waals surface area (Å²) < 4.78 is 0. The van der Waals surface area contributed by atoms with Crippen LogP contribution in [0.4, 0.5) is 5.69 Å². The molecule has 2 nitrogen and oxygen atoms in total. The molecule has 2 heterocycles. The normalized spacial score (nSPS) is 15.9. The lowest BCUT2D eigenvalue weighted by Crippen LogP contribution is -2.19. The lowest BCUT2D eigenvalue weighted by atomic mass is 9.88. The number of fused-ring (bicyclic) bond motifs is 1. The van der Waals surface area contributed by atoms with E-state index in [4.69, 9.17) is 11.6 Å². The van der Waals surface area contributed by atoms with Crippen LogP contribution in [0.5, 0.6) is 0 Å². The van der Waals surface area contributed by atoms with E-state index < -0.39 is 0 Å². The molecule has 1 aromatic carbocycles. The van der Waals surface area contributed by atoms with E-state index in [0.29, 0.717) is 0 Å². The largest absolute Gasteiger partial charge is 0.384 e. The molecule has 0 radical (unpaired) electrons. The molecule has 3 heteroatoms. The van der Waals surface area contributed by atoms with Crippen LogP contribution in [0.3, 0.4) is 0 Å². The summed E-state index contributed by atoms with van der Waals surface area (Å²) in [5.74, 6) is 0. The van der Waals surface area contributed by atoms with Gasteiger partial charge in [-0.2, -0.15) is 0 Å². The maximum atomic E-state index is 6.19. The summed E-state index contributed by atoms with van der Waals surface area (Å²) in [6, 6.07) is 10.1. The Balaban J connectivity index is 1.91. The number of nitrogens with zero attached hydrogens (tertiary/aromatic N) is 1. The number of hydrogen-bond acceptors (Lipinski definition) is 2. The average Bonchev–Trinajstić information content (AvgIpc) is 2.68. The smallest absolute Gasteiger partial charge is 0.0468 e. The van der Waals surface area contributed by atoms with Crippen LogP contribution in [0.15, 0.2) is 36.5 Å². The van der Waals surface area contributed by atoms with Crippen molar-refractivity contribution < 1.29 is 0 Å². The first-order chi connectivity index (χ1) is 9.06. The maximum absolute atomic E-state index is 6.19. The number of aromatic nitrogens is 1. The van der Waals surface area contributed by atoms with Crippen LogP contribution in [0.2, 0.25) is 5.02 Å². The Morgan fingerprint density at radius 2 is 2.11 bits per heavy atom. The molecule has 0 saturated heterocycles. The summed E-state index contributed by atoms with van der Waals surface area (Å²) in [4.78, 5) is 4.58. The quantitative estimate of drug-likeness (QED) is 0.893. The molecule has 2 aromatic rings.